The maximum Gasteiger partial charge on any atom is 0.144 e. The van der Waals surface area contributed by atoms with Crippen molar-refractivity contribution in [1.82, 2.24) is 4.98 Å². The van der Waals surface area contributed by atoms with Crippen LogP contribution in [0.15, 0.2) is 42.6 Å². The zero-order chi connectivity index (χ0) is 11.4. The summed E-state index contributed by atoms with van der Waals surface area (Å²) >= 11 is 5.82. The van der Waals surface area contributed by atoms with E-state index < -0.39 is 0 Å². The van der Waals surface area contributed by atoms with Gasteiger partial charge in [-0.15, -0.1) is 0 Å². The number of nitriles is 1. The number of ether oxygens (including phenoxy) is 1. The summed E-state index contributed by atoms with van der Waals surface area (Å²) in [7, 11) is 0. The van der Waals surface area contributed by atoms with E-state index in [2.05, 4.69) is 4.98 Å². The second kappa shape index (κ2) is 4.65. The highest BCUT2D eigenvalue weighted by Crippen LogP contribution is 2.23. The van der Waals surface area contributed by atoms with Gasteiger partial charge in [0.1, 0.15) is 23.3 Å². The minimum absolute atomic E-state index is 0.319. The van der Waals surface area contributed by atoms with Crippen LogP contribution in [0.5, 0.6) is 11.5 Å². The van der Waals surface area contributed by atoms with Crippen molar-refractivity contribution in [3.8, 4) is 17.6 Å². The largest absolute Gasteiger partial charge is 0.457 e. The van der Waals surface area contributed by atoms with Gasteiger partial charge in [0.25, 0.3) is 0 Å². The predicted octanol–water partition coefficient (Wildman–Crippen LogP) is 3.40. The number of benzene rings is 1. The Morgan fingerprint density at radius 3 is 2.75 bits per heavy atom. The van der Waals surface area contributed by atoms with Crippen LogP contribution < -0.4 is 4.74 Å². The molecule has 1 heterocycles. The lowest BCUT2D eigenvalue weighted by Crippen LogP contribution is -1.87. The van der Waals surface area contributed by atoms with Crippen molar-refractivity contribution in [1.29, 1.82) is 5.26 Å². The highest BCUT2D eigenvalue weighted by atomic mass is 35.5. The van der Waals surface area contributed by atoms with Gasteiger partial charge in [-0.3, -0.25) is 0 Å². The van der Waals surface area contributed by atoms with Crippen LogP contribution in [-0.4, -0.2) is 4.98 Å². The molecule has 0 amide bonds. The summed E-state index contributed by atoms with van der Waals surface area (Å²) in [4.78, 5) is 3.85. The molecule has 0 bridgehead atoms. The topological polar surface area (TPSA) is 45.9 Å². The average molecular weight is 231 g/mol. The molecular weight excluding hydrogens is 224 g/mol. The zero-order valence-corrected chi connectivity index (χ0v) is 8.98. The van der Waals surface area contributed by atoms with E-state index in [4.69, 9.17) is 21.6 Å². The first-order valence-electron chi connectivity index (χ1n) is 4.57. The SMILES string of the molecule is N#Cc1cc(Oc2cccc(Cl)c2)ccn1. The van der Waals surface area contributed by atoms with Crippen molar-refractivity contribution >= 4 is 11.6 Å². The van der Waals surface area contributed by atoms with Crippen LogP contribution in [0.25, 0.3) is 0 Å². The molecule has 0 unspecified atom stereocenters. The number of hydrogen-bond acceptors (Lipinski definition) is 3. The van der Waals surface area contributed by atoms with E-state index in [-0.39, 0.29) is 0 Å². The van der Waals surface area contributed by atoms with Crippen LogP contribution in [0.3, 0.4) is 0 Å². The predicted molar refractivity (Wildman–Crippen MR) is 60.5 cm³/mol. The third-order valence-corrected chi connectivity index (χ3v) is 2.11. The molecular formula is C12H7ClN2O. The third-order valence-electron chi connectivity index (χ3n) is 1.88. The highest BCUT2D eigenvalue weighted by Gasteiger charge is 1.99. The summed E-state index contributed by atoms with van der Waals surface area (Å²) in [5.74, 6) is 1.19. The highest BCUT2D eigenvalue weighted by molar-refractivity contribution is 6.30. The lowest BCUT2D eigenvalue weighted by Gasteiger charge is -2.05. The molecule has 2 aromatic rings. The number of aromatic nitrogens is 1. The molecule has 0 radical (unpaired) electrons. The Morgan fingerprint density at radius 1 is 1.19 bits per heavy atom. The molecule has 2 rings (SSSR count). The molecule has 0 N–H and O–H groups in total. The van der Waals surface area contributed by atoms with Crippen LogP contribution in [0.1, 0.15) is 5.69 Å². The number of halogens is 1. The van der Waals surface area contributed by atoms with E-state index in [1.54, 1.807) is 36.4 Å². The Bertz CT molecular complexity index is 549. The molecule has 0 spiro atoms. The summed E-state index contributed by atoms with van der Waals surface area (Å²) < 4.78 is 5.53. The molecule has 0 saturated heterocycles. The van der Waals surface area contributed by atoms with Gasteiger partial charge in [0.2, 0.25) is 0 Å². The first-order valence-corrected chi connectivity index (χ1v) is 4.95. The minimum Gasteiger partial charge on any atom is -0.457 e. The van der Waals surface area contributed by atoms with Gasteiger partial charge in [0, 0.05) is 17.3 Å². The Balaban J connectivity index is 2.24. The lowest BCUT2D eigenvalue weighted by molar-refractivity contribution is 0.482. The maximum absolute atomic E-state index is 8.68. The first kappa shape index (κ1) is 10.5. The van der Waals surface area contributed by atoms with Crippen molar-refractivity contribution in [2.24, 2.45) is 0 Å². The van der Waals surface area contributed by atoms with Crippen LogP contribution in [0.4, 0.5) is 0 Å². The van der Waals surface area contributed by atoms with Gasteiger partial charge in [-0.05, 0) is 24.3 Å². The van der Waals surface area contributed by atoms with Crippen molar-refractivity contribution < 1.29 is 4.74 Å². The summed E-state index contributed by atoms with van der Waals surface area (Å²) in [6.07, 6.45) is 1.53. The van der Waals surface area contributed by atoms with E-state index in [0.717, 1.165) is 0 Å². The minimum atomic E-state index is 0.319. The smallest absolute Gasteiger partial charge is 0.144 e. The molecule has 0 atom stereocenters. The fraction of sp³-hybridized carbons (Fsp3) is 0. The quantitative estimate of drug-likeness (QED) is 0.794. The molecule has 78 valence electrons. The number of nitrogens with zero attached hydrogens (tertiary/aromatic N) is 2. The third kappa shape index (κ3) is 2.50. The summed E-state index contributed by atoms with van der Waals surface area (Å²) in [6.45, 7) is 0. The molecule has 0 fully saturated rings. The second-order valence-electron chi connectivity index (χ2n) is 3.05. The number of hydrogen-bond donors (Lipinski definition) is 0. The number of pyridine rings is 1. The molecule has 0 aliphatic carbocycles. The van der Waals surface area contributed by atoms with E-state index in [1.807, 2.05) is 6.07 Å². The van der Waals surface area contributed by atoms with Gasteiger partial charge in [-0.1, -0.05) is 17.7 Å². The molecule has 3 nitrogen and oxygen atoms in total. The summed E-state index contributed by atoms with van der Waals surface area (Å²) in [5, 5.41) is 9.29. The Labute approximate surface area is 97.9 Å². The molecule has 1 aromatic heterocycles. The molecule has 0 saturated carbocycles. The van der Waals surface area contributed by atoms with Crippen molar-refractivity contribution in [3.63, 3.8) is 0 Å². The van der Waals surface area contributed by atoms with Gasteiger partial charge in [-0.25, -0.2) is 4.98 Å². The van der Waals surface area contributed by atoms with Crippen LogP contribution in [0.2, 0.25) is 5.02 Å². The second-order valence-corrected chi connectivity index (χ2v) is 3.48. The monoisotopic (exact) mass is 230 g/mol. The molecule has 0 aliphatic heterocycles. The van der Waals surface area contributed by atoms with E-state index in [1.165, 1.54) is 6.20 Å². The molecule has 4 heteroatoms. The standard InChI is InChI=1S/C12H7ClN2O/c13-9-2-1-3-11(6-9)16-12-4-5-15-10(7-12)8-14/h1-7H. The summed E-state index contributed by atoms with van der Waals surface area (Å²) in [6, 6.07) is 12.3. The molecule has 0 aliphatic rings. The fourth-order valence-electron chi connectivity index (χ4n) is 1.20. The Kier molecular flexibility index (Phi) is 3.04. The summed E-state index contributed by atoms with van der Waals surface area (Å²) in [5.41, 5.74) is 0.319. The van der Waals surface area contributed by atoms with Crippen molar-refractivity contribution in [2.75, 3.05) is 0 Å². The molecule has 1 aromatic carbocycles. The van der Waals surface area contributed by atoms with E-state index in [0.29, 0.717) is 22.2 Å². The van der Waals surface area contributed by atoms with Gasteiger partial charge in [-0.2, -0.15) is 5.26 Å². The van der Waals surface area contributed by atoms with Crippen LogP contribution >= 0.6 is 11.6 Å². The number of rotatable bonds is 2. The maximum atomic E-state index is 8.68. The zero-order valence-electron chi connectivity index (χ0n) is 8.22. The van der Waals surface area contributed by atoms with Crippen LogP contribution in [0, 0.1) is 11.3 Å². The molecule has 16 heavy (non-hydrogen) atoms. The van der Waals surface area contributed by atoms with Crippen molar-refractivity contribution in [3.05, 3.63) is 53.3 Å². The Hall–Kier alpha value is -2.05. The van der Waals surface area contributed by atoms with Crippen molar-refractivity contribution in [2.45, 2.75) is 0 Å². The Morgan fingerprint density at radius 2 is 2.00 bits per heavy atom. The van der Waals surface area contributed by atoms with Gasteiger partial charge in [0.05, 0.1) is 0 Å². The van der Waals surface area contributed by atoms with Gasteiger partial charge >= 0.3 is 0 Å². The normalized spacial score (nSPS) is 9.50. The fourth-order valence-corrected chi connectivity index (χ4v) is 1.38. The van der Waals surface area contributed by atoms with E-state index >= 15 is 0 Å². The van der Waals surface area contributed by atoms with Gasteiger partial charge in [0.15, 0.2) is 0 Å². The first-order chi connectivity index (χ1) is 7.78. The lowest BCUT2D eigenvalue weighted by atomic mass is 10.3. The average Bonchev–Trinajstić information content (AvgIpc) is 2.29. The van der Waals surface area contributed by atoms with Crippen LogP contribution in [-0.2, 0) is 0 Å². The van der Waals surface area contributed by atoms with Gasteiger partial charge < -0.3 is 4.74 Å². The van der Waals surface area contributed by atoms with E-state index in [9.17, 15) is 0 Å².